The van der Waals surface area contributed by atoms with Crippen molar-refractivity contribution in [3.05, 3.63) is 0 Å². The van der Waals surface area contributed by atoms with E-state index in [0.29, 0.717) is 25.0 Å². The monoisotopic (exact) mass is 482 g/mol. The number of sulfone groups is 1. The number of rotatable bonds is 4. The van der Waals surface area contributed by atoms with Crippen molar-refractivity contribution >= 4 is 21.7 Å². The fourth-order valence-corrected chi connectivity index (χ4v) is 8.81. The molecular weight excluding hydrogens is 440 g/mol. The maximum Gasteiger partial charge on any atom is 0.252 e. The van der Waals surface area contributed by atoms with E-state index in [4.69, 9.17) is 4.74 Å². The maximum absolute atomic E-state index is 13.4. The molecular formula is C25H42N2O5S. The van der Waals surface area contributed by atoms with E-state index < -0.39 is 9.84 Å². The number of carbonyl (C=O) groups excluding carboxylic acids is 2. The Morgan fingerprint density at radius 1 is 0.939 bits per heavy atom. The molecule has 7 nitrogen and oxygen atoms in total. The van der Waals surface area contributed by atoms with Gasteiger partial charge in [0.2, 0.25) is 5.91 Å². The van der Waals surface area contributed by atoms with Crippen LogP contribution in [-0.2, 0) is 24.2 Å². The van der Waals surface area contributed by atoms with Gasteiger partial charge in [-0.1, -0.05) is 0 Å². The van der Waals surface area contributed by atoms with Crippen molar-refractivity contribution < 1.29 is 22.7 Å². The number of hydrogen-bond acceptors (Lipinski definition) is 5. The molecule has 0 radical (unpaired) electrons. The number of carbonyl (C=O) groups is 2. The van der Waals surface area contributed by atoms with Gasteiger partial charge in [0.15, 0.2) is 9.84 Å². The second-order valence-corrected chi connectivity index (χ2v) is 13.9. The van der Waals surface area contributed by atoms with Crippen molar-refractivity contribution in [1.29, 1.82) is 0 Å². The molecule has 4 aliphatic rings. The van der Waals surface area contributed by atoms with Crippen LogP contribution < -0.4 is 0 Å². The molecule has 4 rings (SSSR count). The van der Waals surface area contributed by atoms with Gasteiger partial charge in [-0.15, -0.1) is 0 Å². The van der Waals surface area contributed by atoms with Gasteiger partial charge in [0.25, 0.3) is 5.91 Å². The second kappa shape index (κ2) is 9.84. The van der Waals surface area contributed by atoms with E-state index in [2.05, 4.69) is 6.92 Å². The second-order valence-electron chi connectivity index (χ2n) is 11.1. The molecule has 2 aliphatic carbocycles. The van der Waals surface area contributed by atoms with Gasteiger partial charge in [0.1, 0.15) is 6.10 Å². The van der Waals surface area contributed by atoms with E-state index in [1.54, 1.807) is 20.8 Å². The Kier molecular flexibility index (Phi) is 7.44. The third kappa shape index (κ3) is 4.84. The number of amides is 2. The summed E-state index contributed by atoms with van der Waals surface area (Å²) in [6.07, 6.45) is 7.66. The lowest BCUT2D eigenvalue weighted by molar-refractivity contribution is -0.160. The van der Waals surface area contributed by atoms with Crippen molar-refractivity contribution in [1.82, 2.24) is 9.80 Å². The maximum atomic E-state index is 13.4. The van der Waals surface area contributed by atoms with E-state index in [1.165, 1.54) is 0 Å². The molecule has 4 fully saturated rings. The molecule has 0 N–H and O–H groups in total. The van der Waals surface area contributed by atoms with Gasteiger partial charge in [0.05, 0.1) is 22.6 Å². The Bertz CT molecular complexity index is 830. The minimum Gasteiger partial charge on any atom is -0.368 e. The first-order chi connectivity index (χ1) is 15.6. The third-order valence-corrected chi connectivity index (χ3v) is 11.6. The number of ether oxygens (including phenoxy) is 1. The average molecular weight is 483 g/mol. The average Bonchev–Trinajstić information content (AvgIpc) is 3.32. The summed E-state index contributed by atoms with van der Waals surface area (Å²) in [5.74, 6) is 1.19. The number of piperazine rings is 1. The van der Waals surface area contributed by atoms with Crippen LogP contribution in [0.5, 0.6) is 0 Å². The zero-order valence-electron chi connectivity index (χ0n) is 20.7. The van der Waals surface area contributed by atoms with Gasteiger partial charge in [-0.25, -0.2) is 8.42 Å². The van der Waals surface area contributed by atoms with Crippen LogP contribution in [0.2, 0.25) is 0 Å². The predicted octanol–water partition coefficient (Wildman–Crippen LogP) is 3.16. The molecule has 0 aromatic rings. The standard InChI is InChI=1S/C25H42N2O5S/c1-16(2)33(30,31)21-10-7-19(8-11-21)20-9-12-22-23(14-20)26(15-17(3)27(22)18(4)28)25(29)24-6-5-13-32-24/h16-17,19-24H,5-15H2,1-4H3/t17-,19?,20?,21?,22?,23?,24?/m0/s1. The summed E-state index contributed by atoms with van der Waals surface area (Å²) in [5.41, 5.74) is 0. The summed E-state index contributed by atoms with van der Waals surface area (Å²) in [7, 11) is -3.04. The minimum absolute atomic E-state index is 0.0160. The van der Waals surface area contributed by atoms with E-state index in [-0.39, 0.29) is 46.5 Å². The van der Waals surface area contributed by atoms with Gasteiger partial charge in [-0.3, -0.25) is 9.59 Å². The Morgan fingerprint density at radius 3 is 2.18 bits per heavy atom. The summed E-state index contributed by atoms with van der Waals surface area (Å²) in [6.45, 7) is 8.49. The lowest BCUT2D eigenvalue weighted by Crippen LogP contribution is -2.68. The van der Waals surface area contributed by atoms with E-state index in [0.717, 1.165) is 57.8 Å². The Hall–Kier alpha value is -1.15. The molecule has 5 atom stereocenters. The SMILES string of the molecule is CC(=O)N1C2CCC(C3CCC(S(=O)(=O)C(C)C)CC3)CC2N(C(=O)C2CCCO2)C[C@@H]1C. The molecule has 0 bridgehead atoms. The molecule has 2 amide bonds. The smallest absolute Gasteiger partial charge is 0.252 e. The highest BCUT2D eigenvalue weighted by Crippen LogP contribution is 2.44. The lowest BCUT2D eigenvalue weighted by Gasteiger charge is -2.55. The van der Waals surface area contributed by atoms with Crippen LogP contribution in [-0.4, -0.2) is 77.9 Å². The zero-order chi connectivity index (χ0) is 23.9. The van der Waals surface area contributed by atoms with Crippen molar-refractivity contribution in [3.63, 3.8) is 0 Å². The number of fused-ring (bicyclic) bond motifs is 1. The van der Waals surface area contributed by atoms with Crippen molar-refractivity contribution in [3.8, 4) is 0 Å². The molecule has 0 aromatic heterocycles. The van der Waals surface area contributed by atoms with Crippen LogP contribution >= 0.6 is 0 Å². The zero-order valence-corrected chi connectivity index (χ0v) is 21.6. The lowest BCUT2D eigenvalue weighted by atomic mass is 9.69. The summed E-state index contributed by atoms with van der Waals surface area (Å²) in [6, 6.07) is 0.130. The summed E-state index contributed by atoms with van der Waals surface area (Å²) in [5, 5.41) is -0.514. The predicted molar refractivity (Wildman–Crippen MR) is 127 cm³/mol. The van der Waals surface area contributed by atoms with E-state index >= 15 is 0 Å². The molecule has 8 heteroatoms. The van der Waals surface area contributed by atoms with E-state index in [1.807, 2.05) is 9.80 Å². The van der Waals surface area contributed by atoms with Gasteiger partial charge in [-0.2, -0.15) is 0 Å². The van der Waals surface area contributed by atoms with Crippen LogP contribution in [0.25, 0.3) is 0 Å². The molecule has 0 aromatic carbocycles. The minimum atomic E-state index is -3.04. The topological polar surface area (TPSA) is 84.0 Å². The molecule has 188 valence electrons. The molecule has 0 spiro atoms. The van der Waals surface area contributed by atoms with E-state index in [9.17, 15) is 18.0 Å². The van der Waals surface area contributed by atoms with Crippen LogP contribution in [0.1, 0.15) is 85.5 Å². The highest BCUT2D eigenvalue weighted by Gasteiger charge is 2.49. The summed E-state index contributed by atoms with van der Waals surface area (Å²) < 4.78 is 31.0. The first kappa shape index (κ1) is 25.0. The largest absolute Gasteiger partial charge is 0.368 e. The van der Waals surface area contributed by atoms with Gasteiger partial charge >= 0.3 is 0 Å². The molecule has 2 aliphatic heterocycles. The van der Waals surface area contributed by atoms with Crippen molar-refractivity contribution in [2.45, 2.75) is 120 Å². The van der Waals surface area contributed by atoms with Gasteiger partial charge in [-0.05, 0) is 90.4 Å². The molecule has 4 unspecified atom stereocenters. The fraction of sp³-hybridized carbons (Fsp3) is 0.920. The molecule has 2 heterocycles. The number of hydrogen-bond donors (Lipinski definition) is 0. The van der Waals surface area contributed by atoms with Crippen molar-refractivity contribution in [2.75, 3.05) is 13.2 Å². The van der Waals surface area contributed by atoms with Crippen LogP contribution in [0.15, 0.2) is 0 Å². The van der Waals surface area contributed by atoms with Crippen molar-refractivity contribution in [2.24, 2.45) is 11.8 Å². The molecule has 33 heavy (non-hydrogen) atoms. The Labute approximate surface area is 199 Å². The first-order valence-electron chi connectivity index (χ1n) is 13.0. The number of nitrogens with zero attached hydrogens (tertiary/aromatic N) is 2. The fourth-order valence-electron chi connectivity index (χ4n) is 7.11. The first-order valence-corrected chi connectivity index (χ1v) is 14.7. The highest BCUT2D eigenvalue weighted by atomic mass is 32.2. The molecule has 2 saturated heterocycles. The normalized spacial score (nSPS) is 37.8. The van der Waals surface area contributed by atoms with Gasteiger partial charge < -0.3 is 14.5 Å². The Balaban J connectivity index is 1.48. The third-order valence-electron chi connectivity index (χ3n) is 8.87. The molecule has 2 saturated carbocycles. The van der Waals surface area contributed by atoms with Gasteiger partial charge in [0, 0.05) is 26.1 Å². The highest BCUT2D eigenvalue weighted by molar-refractivity contribution is 7.92. The van der Waals surface area contributed by atoms with Crippen LogP contribution in [0, 0.1) is 11.8 Å². The summed E-state index contributed by atoms with van der Waals surface area (Å²) in [4.78, 5) is 30.0. The summed E-state index contributed by atoms with van der Waals surface area (Å²) >= 11 is 0. The van der Waals surface area contributed by atoms with Crippen LogP contribution in [0.3, 0.4) is 0 Å². The van der Waals surface area contributed by atoms with Crippen LogP contribution in [0.4, 0.5) is 0 Å². The Morgan fingerprint density at radius 2 is 1.61 bits per heavy atom. The quantitative estimate of drug-likeness (QED) is 0.615.